The Kier molecular flexibility index (Phi) is 6.28. The SMILES string of the molecule is CC(=NNC(N)=S)c1ccc(NS(C)(=O)=O)c(Oc2ccc(F)cc2F)c1. The number of anilines is 1. The fraction of sp³-hybridized carbons (Fsp3) is 0.125. The molecule has 0 aromatic heterocycles. The minimum Gasteiger partial charge on any atom is -0.452 e. The number of sulfonamides is 1. The van der Waals surface area contributed by atoms with E-state index < -0.39 is 21.7 Å². The summed E-state index contributed by atoms with van der Waals surface area (Å²) in [6, 6.07) is 7.20. The van der Waals surface area contributed by atoms with E-state index in [0.29, 0.717) is 17.3 Å². The highest BCUT2D eigenvalue weighted by atomic mass is 32.2. The number of nitrogens with one attached hydrogen (secondary N) is 2. The summed E-state index contributed by atoms with van der Waals surface area (Å²) in [7, 11) is -3.62. The van der Waals surface area contributed by atoms with Gasteiger partial charge in [0, 0.05) is 11.6 Å². The molecule has 7 nitrogen and oxygen atoms in total. The van der Waals surface area contributed by atoms with Crippen molar-refractivity contribution in [3.8, 4) is 11.5 Å². The zero-order chi connectivity index (χ0) is 20.2. The Bertz CT molecular complexity index is 1010. The summed E-state index contributed by atoms with van der Waals surface area (Å²) in [6.07, 6.45) is 0.960. The van der Waals surface area contributed by atoms with Crippen LogP contribution in [0.15, 0.2) is 41.5 Å². The lowest BCUT2D eigenvalue weighted by Crippen LogP contribution is -2.25. The number of ether oxygens (including phenoxy) is 1. The molecule has 11 heteroatoms. The van der Waals surface area contributed by atoms with Crippen LogP contribution in [0.2, 0.25) is 0 Å². The lowest BCUT2D eigenvalue weighted by atomic mass is 10.1. The molecular weight excluding hydrogens is 398 g/mol. The van der Waals surface area contributed by atoms with Crippen molar-refractivity contribution in [1.29, 1.82) is 0 Å². The molecule has 0 atom stereocenters. The molecule has 0 aliphatic rings. The minimum absolute atomic E-state index is 0.00620. The molecule has 4 N–H and O–H groups in total. The van der Waals surface area contributed by atoms with E-state index in [-0.39, 0.29) is 22.3 Å². The van der Waals surface area contributed by atoms with Gasteiger partial charge in [0.1, 0.15) is 5.82 Å². The van der Waals surface area contributed by atoms with Crippen molar-refractivity contribution in [2.45, 2.75) is 6.92 Å². The summed E-state index contributed by atoms with van der Waals surface area (Å²) < 4.78 is 57.8. The summed E-state index contributed by atoms with van der Waals surface area (Å²) in [5, 5.41) is 3.93. The van der Waals surface area contributed by atoms with Crippen LogP contribution in [-0.2, 0) is 10.0 Å². The van der Waals surface area contributed by atoms with Gasteiger partial charge in [-0.05, 0) is 43.4 Å². The normalized spacial score (nSPS) is 11.8. The summed E-state index contributed by atoms with van der Waals surface area (Å²) in [5.41, 5.74) is 8.79. The van der Waals surface area contributed by atoms with Gasteiger partial charge in [-0.25, -0.2) is 17.2 Å². The molecule has 0 saturated heterocycles. The second kappa shape index (κ2) is 8.27. The van der Waals surface area contributed by atoms with E-state index in [9.17, 15) is 17.2 Å². The molecule has 0 spiro atoms. The molecule has 0 heterocycles. The van der Waals surface area contributed by atoms with Gasteiger partial charge < -0.3 is 10.5 Å². The van der Waals surface area contributed by atoms with Gasteiger partial charge in [-0.2, -0.15) is 5.10 Å². The summed E-state index contributed by atoms with van der Waals surface area (Å²) in [6.45, 7) is 1.65. The Balaban J connectivity index is 2.47. The van der Waals surface area contributed by atoms with Crippen LogP contribution in [0.3, 0.4) is 0 Å². The number of nitrogens with two attached hydrogens (primary N) is 1. The van der Waals surface area contributed by atoms with E-state index in [1.807, 2.05) is 0 Å². The highest BCUT2D eigenvalue weighted by molar-refractivity contribution is 7.92. The van der Waals surface area contributed by atoms with Crippen LogP contribution in [0.4, 0.5) is 14.5 Å². The van der Waals surface area contributed by atoms with Crippen molar-refractivity contribution < 1.29 is 21.9 Å². The standard InChI is InChI=1S/C16H16F2N4O3S2/c1-9(20-21-16(19)26)10-3-5-13(22-27(2,23)24)15(7-10)25-14-6-4-11(17)8-12(14)18/h3-8,22H,1-2H3,(H3,19,21,26). The predicted molar refractivity (Wildman–Crippen MR) is 103 cm³/mol. The Morgan fingerprint density at radius 2 is 1.89 bits per heavy atom. The highest BCUT2D eigenvalue weighted by Gasteiger charge is 2.14. The van der Waals surface area contributed by atoms with Crippen LogP contribution < -0.4 is 20.6 Å². The van der Waals surface area contributed by atoms with Gasteiger partial charge >= 0.3 is 0 Å². The molecule has 144 valence electrons. The van der Waals surface area contributed by atoms with Crippen LogP contribution in [-0.4, -0.2) is 25.5 Å². The van der Waals surface area contributed by atoms with Crippen molar-refractivity contribution in [2.75, 3.05) is 11.0 Å². The molecule has 0 aliphatic heterocycles. The maximum Gasteiger partial charge on any atom is 0.229 e. The minimum atomic E-state index is -3.62. The number of halogens is 2. The number of nitrogens with zero attached hydrogens (tertiary/aromatic N) is 1. The molecule has 0 unspecified atom stereocenters. The van der Waals surface area contributed by atoms with E-state index in [1.54, 1.807) is 13.0 Å². The monoisotopic (exact) mass is 414 g/mol. The predicted octanol–water partition coefficient (Wildman–Crippen LogP) is 2.69. The summed E-state index contributed by atoms with van der Waals surface area (Å²) in [5.74, 6) is -1.99. The second-order valence-electron chi connectivity index (χ2n) is 5.44. The number of rotatable bonds is 6. The Morgan fingerprint density at radius 3 is 2.48 bits per heavy atom. The van der Waals surface area contributed by atoms with E-state index in [0.717, 1.165) is 18.4 Å². The number of hydrogen-bond donors (Lipinski definition) is 3. The first kappa shape index (κ1) is 20.5. The molecule has 0 aliphatic carbocycles. The molecule has 0 fully saturated rings. The van der Waals surface area contributed by atoms with E-state index in [2.05, 4.69) is 27.5 Å². The van der Waals surface area contributed by atoms with Gasteiger partial charge in [-0.3, -0.25) is 10.1 Å². The van der Waals surface area contributed by atoms with Gasteiger partial charge in [0.15, 0.2) is 22.4 Å². The third kappa shape index (κ3) is 6.15. The maximum absolute atomic E-state index is 13.9. The first-order valence-corrected chi connectivity index (χ1v) is 9.70. The molecule has 0 saturated carbocycles. The van der Waals surface area contributed by atoms with Gasteiger partial charge in [-0.1, -0.05) is 6.07 Å². The molecule has 2 aromatic rings. The van der Waals surface area contributed by atoms with Crippen LogP contribution >= 0.6 is 12.2 Å². The van der Waals surface area contributed by atoms with Gasteiger partial charge in [0.2, 0.25) is 10.0 Å². The van der Waals surface area contributed by atoms with Gasteiger partial charge in [0.25, 0.3) is 0 Å². The topological polar surface area (TPSA) is 106 Å². The molecule has 0 bridgehead atoms. The third-order valence-corrected chi connectivity index (χ3v) is 3.82. The lowest BCUT2D eigenvalue weighted by molar-refractivity contribution is 0.439. The van der Waals surface area contributed by atoms with Gasteiger partial charge in [0.05, 0.1) is 17.7 Å². The first-order chi connectivity index (χ1) is 12.5. The molecule has 2 rings (SSSR count). The van der Waals surface area contributed by atoms with Crippen LogP contribution in [0.1, 0.15) is 12.5 Å². The van der Waals surface area contributed by atoms with Gasteiger partial charge in [-0.15, -0.1) is 0 Å². The zero-order valence-corrected chi connectivity index (χ0v) is 15.9. The quantitative estimate of drug-likeness (QED) is 0.381. The molecule has 2 aromatic carbocycles. The van der Waals surface area contributed by atoms with Crippen LogP contribution in [0.5, 0.6) is 11.5 Å². The average Bonchev–Trinajstić information content (AvgIpc) is 2.55. The van der Waals surface area contributed by atoms with Crippen molar-refractivity contribution in [3.05, 3.63) is 53.6 Å². The number of hydrogen-bond acceptors (Lipinski definition) is 5. The number of benzene rings is 2. The molecule has 27 heavy (non-hydrogen) atoms. The Labute approximate surface area is 160 Å². The third-order valence-electron chi connectivity index (χ3n) is 3.14. The molecule has 0 amide bonds. The zero-order valence-electron chi connectivity index (χ0n) is 14.3. The number of thiocarbonyl (C=S) groups is 1. The van der Waals surface area contributed by atoms with Crippen molar-refractivity contribution in [1.82, 2.24) is 5.43 Å². The Morgan fingerprint density at radius 1 is 1.19 bits per heavy atom. The van der Waals surface area contributed by atoms with Crippen molar-refractivity contribution >= 4 is 38.8 Å². The van der Waals surface area contributed by atoms with E-state index >= 15 is 0 Å². The van der Waals surface area contributed by atoms with Crippen molar-refractivity contribution in [3.63, 3.8) is 0 Å². The fourth-order valence-electron chi connectivity index (χ4n) is 2.00. The van der Waals surface area contributed by atoms with Crippen LogP contribution in [0.25, 0.3) is 0 Å². The summed E-state index contributed by atoms with van der Waals surface area (Å²) in [4.78, 5) is 0. The Hall–Kier alpha value is -2.79. The summed E-state index contributed by atoms with van der Waals surface area (Å²) >= 11 is 4.67. The molecule has 0 radical (unpaired) electrons. The second-order valence-corrected chi connectivity index (χ2v) is 7.62. The van der Waals surface area contributed by atoms with Crippen molar-refractivity contribution in [2.24, 2.45) is 10.8 Å². The fourth-order valence-corrected chi connectivity index (χ4v) is 2.61. The average molecular weight is 414 g/mol. The highest BCUT2D eigenvalue weighted by Crippen LogP contribution is 2.33. The lowest BCUT2D eigenvalue weighted by Gasteiger charge is -2.14. The molecular formula is C16H16F2N4O3S2. The largest absolute Gasteiger partial charge is 0.452 e. The maximum atomic E-state index is 13.9. The number of hydrazone groups is 1. The first-order valence-electron chi connectivity index (χ1n) is 7.40. The van der Waals surface area contributed by atoms with Crippen LogP contribution in [0, 0.1) is 11.6 Å². The van der Waals surface area contributed by atoms with E-state index in [1.165, 1.54) is 12.1 Å². The van der Waals surface area contributed by atoms with E-state index in [4.69, 9.17) is 10.5 Å². The smallest absolute Gasteiger partial charge is 0.229 e.